The fraction of sp³-hybridized carbons (Fsp3) is 0.292. The normalized spacial score (nSPS) is 21.7. The molecule has 0 bridgehead atoms. The number of thioether (sulfide) groups is 1. The first-order valence-corrected chi connectivity index (χ1v) is 30.5. The first-order valence-electron chi connectivity index (χ1n) is 29.5. The van der Waals surface area contributed by atoms with Crippen molar-refractivity contribution in [3.05, 3.63) is 263 Å². The summed E-state index contributed by atoms with van der Waals surface area (Å²) in [5.41, 5.74) is 4.05. The summed E-state index contributed by atoms with van der Waals surface area (Å²) in [7, 11) is 6.05. The second kappa shape index (κ2) is 32.9. The summed E-state index contributed by atoms with van der Waals surface area (Å²) in [5.74, 6) is -0.690. The fourth-order valence-electron chi connectivity index (χ4n) is 10.6. The van der Waals surface area contributed by atoms with Crippen molar-refractivity contribution in [2.75, 3.05) is 47.4 Å². The van der Waals surface area contributed by atoms with Crippen LogP contribution in [0.4, 0.5) is 0 Å². The van der Waals surface area contributed by atoms with Gasteiger partial charge in [-0.2, -0.15) is 0 Å². The Kier molecular flexibility index (Phi) is 23.6. The van der Waals surface area contributed by atoms with Crippen LogP contribution < -0.4 is 14.2 Å². The van der Waals surface area contributed by atoms with Crippen LogP contribution in [0.5, 0.6) is 17.2 Å². The van der Waals surface area contributed by atoms with Gasteiger partial charge >= 0.3 is 17.9 Å². The van der Waals surface area contributed by atoms with Gasteiger partial charge in [-0.1, -0.05) is 176 Å². The maximum Gasteiger partial charge on any atom is 0.338 e. The number of carbonyl (C=O) groups excluding carboxylic acids is 3. The van der Waals surface area contributed by atoms with E-state index >= 15 is 0 Å². The highest BCUT2D eigenvalue weighted by atomic mass is 32.2. The van der Waals surface area contributed by atoms with Crippen molar-refractivity contribution in [3.8, 4) is 17.2 Å². The minimum atomic E-state index is -1.57. The minimum Gasteiger partial charge on any atom is -0.493 e. The van der Waals surface area contributed by atoms with Crippen molar-refractivity contribution in [1.29, 1.82) is 0 Å². The molecule has 0 radical (unpaired) electrons. The summed E-state index contributed by atoms with van der Waals surface area (Å²) in [4.78, 5) is 43.8. The summed E-state index contributed by atoms with van der Waals surface area (Å²) in [6, 6.07) is 67.6. The van der Waals surface area contributed by atoms with Crippen molar-refractivity contribution < 1.29 is 80.7 Å². The van der Waals surface area contributed by atoms with Crippen LogP contribution in [-0.4, -0.2) is 127 Å². The van der Waals surface area contributed by atoms with Gasteiger partial charge in [0.25, 0.3) is 0 Å². The number of rotatable bonds is 29. The van der Waals surface area contributed by atoms with E-state index in [1.54, 1.807) is 112 Å². The Hall–Kier alpha value is -8.40. The standard InChI is InChI=1S/C72H72O17S/c1-76-55-40-41-59(63(78-3)60(55)77-2)90-47-58(51-32-18-8-19-33-51)84-66-64(82-44-50-30-16-7-17-31-50)61(81-43-49-28-14-6-15-29-49)56(45-80-42-48-26-12-5-13-27-48)86-72(66)83-46-57-62(87-68(73)52-34-20-9-21-35-52)65(88-69(74)53-36-22-10-23-37-53)67(71(79-4)85-57)89-70(75)54-38-24-11-25-39-54/h5-41,56-58,61-62,64-67,71-72H,42-47H2,1-4H3/t56-,57-,58-,61-,62-,64+,65+,66-,67-,71+,72+/m1/s1. The lowest BCUT2D eigenvalue weighted by Crippen LogP contribution is -2.64. The van der Waals surface area contributed by atoms with Gasteiger partial charge in [-0.3, -0.25) is 0 Å². The molecule has 0 amide bonds. The quantitative estimate of drug-likeness (QED) is 0.0245. The maximum atomic E-state index is 14.5. The highest BCUT2D eigenvalue weighted by Crippen LogP contribution is 2.46. The molecule has 11 atom stereocenters. The van der Waals surface area contributed by atoms with E-state index in [1.807, 2.05) is 133 Å². The topological polar surface area (TPSA) is 180 Å². The second-order valence-corrected chi connectivity index (χ2v) is 22.1. The molecule has 90 heavy (non-hydrogen) atoms. The molecular formula is C72H72O17S. The molecule has 10 rings (SSSR count). The van der Waals surface area contributed by atoms with Crippen molar-refractivity contribution in [3.63, 3.8) is 0 Å². The summed E-state index contributed by atoms with van der Waals surface area (Å²) >= 11 is 1.47. The van der Waals surface area contributed by atoms with Crippen LogP contribution in [0.2, 0.25) is 0 Å². The van der Waals surface area contributed by atoms with Gasteiger partial charge in [0.05, 0.1) is 82.1 Å². The molecule has 2 heterocycles. The third-order valence-corrected chi connectivity index (χ3v) is 16.2. The first-order chi connectivity index (χ1) is 44.2. The number of hydrogen-bond donors (Lipinski definition) is 0. The number of benzene rings is 8. The van der Waals surface area contributed by atoms with Crippen molar-refractivity contribution in [2.24, 2.45) is 0 Å². The lowest BCUT2D eigenvalue weighted by Gasteiger charge is -2.48. The molecule has 0 saturated carbocycles. The SMILES string of the molecule is COc1ccc(SC[C@@H](O[C@H]2[C@@H](OC[C@H]3O[C@H](OC)[C@H](OC(=O)c4ccccc4)[C@@H](OC(=O)c4ccccc4)[C@@H]3OC(=O)c3ccccc3)O[C@H](COCc3ccccc3)[C@@H](OCc3ccccc3)[C@@H]2OCc2ccccc2)c2ccccc2)c(OC)c1OC. The molecule has 2 aliphatic rings. The smallest absolute Gasteiger partial charge is 0.338 e. The van der Waals surface area contributed by atoms with Crippen LogP contribution in [0.25, 0.3) is 0 Å². The third kappa shape index (κ3) is 16.9. The van der Waals surface area contributed by atoms with Crippen LogP contribution in [0, 0.1) is 0 Å². The molecule has 8 aromatic rings. The Morgan fingerprint density at radius 2 is 0.856 bits per heavy atom. The van der Waals surface area contributed by atoms with Crippen LogP contribution in [0.1, 0.15) is 59.4 Å². The summed E-state index contributed by atoms with van der Waals surface area (Å²) < 4.78 is 91.9. The molecule has 0 unspecified atom stereocenters. The molecule has 0 aliphatic carbocycles. The summed E-state index contributed by atoms with van der Waals surface area (Å²) in [6.45, 7) is 0.0687. The van der Waals surface area contributed by atoms with Gasteiger partial charge in [0, 0.05) is 12.9 Å². The summed E-state index contributed by atoms with van der Waals surface area (Å²) in [5, 5.41) is 0. The van der Waals surface area contributed by atoms with Gasteiger partial charge in [0.2, 0.25) is 5.75 Å². The Morgan fingerprint density at radius 1 is 0.411 bits per heavy atom. The monoisotopic (exact) mass is 1240 g/mol. The molecule has 0 spiro atoms. The van der Waals surface area contributed by atoms with Crippen LogP contribution in [0.15, 0.2) is 229 Å². The largest absolute Gasteiger partial charge is 0.493 e. The molecule has 468 valence electrons. The van der Waals surface area contributed by atoms with Crippen molar-refractivity contribution in [2.45, 2.75) is 92.2 Å². The summed E-state index contributed by atoms with van der Waals surface area (Å²) in [6.07, 6.45) is -13.4. The van der Waals surface area contributed by atoms with E-state index in [2.05, 4.69) is 0 Å². The lowest BCUT2D eigenvalue weighted by molar-refractivity contribution is -0.345. The van der Waals surface area contributed by atoms with Crippen LogP contribution >= 0.6 is 11.8 Å². The number of hydrogen-bond acceptors (Lipinski definition) is 18. The van der Waals surface area contributed by atoms with Gasteiger partial charge < -0.3 is 66.3 Å². The van der Waals surface area contributed by atoms with Gasteiger partial charge in [0.1, 0.15) is 30.5 Å². The fourth-order valence-corrected chi connectivity index (χ4v) is 11.7. The third-order valence-electron chi connectivity index (χ3n) is 15.1. The second-order valence-electron chi connectivity index (χ2n) is 21.0. The Bertz CT molecular complexity index is 3470. The number of methoxy groups -OCH3 is 4. The van der Waals surface area contributed by atoms with Crippen LogP contribution in [0.3, 0.4) is 0 Å². The van der Waals surface area contributed by atoms with E-state index in [0.29, 0.717) is 23.0 Å². The van der Waals surface area contributed by atoms with E-state index in [4.69, 9.17) is 66.3 Å². The average molecular weight is 1240 g/mol. The maximum absolute atomic E-state index is 14.5. The predicted molar refractivity (Wildman–Crippen MR) is 334 cm³/mol. The highest BCUT2D eigenvalue weighted by molar-refractivity contribution is 7.99. The molecule has 2 saturated heterocycles. The van der Waals surface area contributed by atoms with Gasteiger partial charge in [0.15, 0.2) is 42.4 Å². The molecule has 2 aliphatic heterocycles. The molecule has 0 N–H and O–H groups in total. The molecule has 8 aromatic carbocycles. The highest BCUT2D eigenvalue weighted by Gasteiger charge is 2.55. The molecule has 2 fully saturated rings. The number of esters is 3. The van der Waals surface area contributed by atoms with E-state index in [9.17, 15) is 14.4 Å². The van der Waals surface area contributed by atoms with E-state index in [-0.39, 0.29) is 43.1 Å². The zero-order valence-corrected chi connectivity index (χ0v) is 51.1. The molecule has 0 aromatic heterocycles. The minimum absolute atomic E-state index is 0.00183. The van der Waals surface area contributed by atoms with Crippen LogP contribution in [-0.2, 0) is 71.9 Å². The van der Waals surface area contributed by atoms with Crippen molar-refractivity contribution in [1.82, 2.24) is 0 Å². The van der Waals surface area contributed by atoms with Crippen molar-refractivity contribution >= 4 is 29.7 Å². The van der Waals surface area contributed by atoms with Gasteiger partial charge in [-0.15, -0.1) is 11.8 Å². The first kappa shape index (κ1) is 64.6. The predicted octanol–water partition coefficient (Wildman–Crippen LogP) is 12.1. The Morgan fingerprint density at radius 3 is 1.36 bits per heavy atom. The van der Waals surface area contributed by atoms with Gasteiger partial charge in [-0.05, 0) is 70.8 Å². The van der Waals surface area contributed by atoms with E-state index < -0.39 is 92.0 Å². The average Bonchev–Trinajstić information content (AvgIpc) is 0.978. The zero-order valence-electron chi connectivity index (χ0n) is 50.3. The Labute approximate surface area is 528 Å². The lowest BCUT2D eigenvalue weighted by atomic mass is 9.96. The molecule has 17 nitrogen and oxygen atoms in total. The Balaban J connectivity index is 1.07. The zero-order chi connectivity index (χ0) is 62.4. The molecular weight excluding hydrogens is 1170 g/mol. The van der Waals surface area contributed by atoms with Gasteiger partial charge in [-0.25, -0.2) is 14.4 Å². The number of carbonyl (C=O) groups is 3. The number of ether oxygens (including phenoxy) is 14. The molecule has 18 heteroatoms. The van der Waals surface area contributed by atoms with E-state index in [1.165, 1.54) is 18.9 Å². The van der Waals surface area contributed by atoms with E-state index in [0.717, 1.165) is 27.1 Å².